The Balaban J connectivity index is 2.10. The average molecular weight is 291 g/mol. The summed E-state index contributed by atoms with van der Waals surface area (Å²) >= 11 is 1.62. The average Bonchev–Trinajstić information content (AvgIpc) is 2.91. The molecule has 3 rings (SSSR count). The third-order valence-electron chi connectivity index (χ3n) is 3.49. The molecule has 0 aliphatic carbocycles. The quantitative estimate of drug-likeness (QED) is 0.887. The predicted molar refractivity (Wildman–Crippen MR) is 78.9 cm³/mol. The van der Waals surface area contributed by atoms with Crippen LogP contribution >= 0.6 is 11.8 Å². The summed E-state index contributed by atoms with van der Waals surface area (Å²) < 4.78 is 1.93. The third kappa shape index (κ3) is 2.11. The van der Waals surface area contributed by atoms with Crippen LogP contribution in [0.3, 0.4) is 0 Å². The summed E-state index contributed by atoms with van der Waals surface area (Å²) in [6.07, 6.45) is 2.07. The van der Waals surface area contributed by atoms with Crippen molar-refractivity contribution in [1.29, 1.82) is 0 Å². The van der Waals surface area contributed by atoms with Gasteiger partial charge < -0.3 is 5.32 Å². The molecule has 0 saturated carbocycles. The molecule has 2 N–H and O–H groups in total. The fourth-order valence-electron chi connectivity index (χ4n) is 2.46. The van der Waals surface area contributed by atoms with Gasteiger partial charge in [0.2, 0.25) is 5.91 Å². The van der Waals surface area contributed by atoms with Crippen molar-refractivity contribution in [3.63, 3.8) is 0 Å². The molecule has 2 aromatic heterocycles. The number of hydrogen-bond donors (Lipinski definition) is 2. The SMILES string of the molecule is CCn1cc([C@@H]2SCC(=O)Nc3n[nH]c(C)c32)c(C)n1. The Morgan fingerprint density at radius 3 is 3.00 bits per heavy atom. The fourth-order valence-corrected chi connectivity index (χ4v) is 3.72. The first kappa shape index (κ1) is 13.2. The van der Waals surface area contributed by atoms with Crippen LogP contribution in [0, 0.1) is 13.8 Å². The Labute approximate surface area is 121 Å². The summed E-state index contributed by atoms with van der Waals surface area (Å²) in [5, 5.41) is 14.6. The van der Waals surface area contributed by atoms with Gasteiger partial charge in [-0.05, 0) is 20.8 Å². The Kier molecular flexibility index (Phi) is 3.29. The van der Waals surface area contributed by atoms with Gasteiger partial charge in [-0.15, -0.1) is 11.8 Å². The molecule has 1 atom stereocenters. The molecular weight excluding hydrogens is 274 g/mol. The van der Waals surface area contributed by atoms with Crippen molar-refractivity contribution in [2.75, 3.05) is 11.1 Å². The Morgan fingerprint density at radius 1 is 1.50 bits per heavy atom. The first-order valence-corrected chi connectivity index (χ1v) is 7.65. The number of nitrogens with one attached hydrogen (secondary N) is 2. The lowest BCUT2D eigenvalue weighted by molar-refractivity contribution is -0.113. The lowest BCUT2D eigenvalue weighted by atomic mass is 10.1. The van der Waals surface area contributed by atoms with E-state index in [0.29, 0.717) is 11.6 Å². The maximum atomic E-state index is 11.8. The fraction of sp³-hybridized carbons (Fsp3) is 0.462. The molecule has 7 heteroatoms. The van der Waals surface area contributed by atoms with Crippen LogP contribution in [0.15, 0.2) is 6.20 Å². The lowest BCUT2D eigenvalue weighted by Gasteiger charge is -2.13. The number of carbonyl (C=O) groups is 1. The van der Waals surface area contributed by atoms with Gasteiger partial charge in [-0.25, -0.2) is 0 Å². The lowest BCUT2D eigenvalue weighted by Crippen LogP contribution is -2.12. The number of amides is 1. The molecular formula is C13H17N5OS. The van der Waals surface area contributed by atoms with Gasteiger partial charge in [-0.1, -0.05) is 0 Å². The van der Waals surface area contributed by atoms with Crippen LogP contribution < -0.4 is 5.32 Å². The van der Waals surface area contributed by atoms with Gasteiger partial charge in [0.1, 0.15) is 0 Å². The first-order chi connectivity index (χ1) is 9.60. The van der Waals surface area contributed by atoms with Crippen molar-refractivity contribution >= 4 is 23.5 Å². The van der Waals surface area contributed by atoms with Crippen molar-refractivity contribution in [1.82, 2.24) is 20.0 Å². The summed E-state index contributed by atoms with van der Waals surface area (Å²) in [7, 11) is 0. The van der Waals surface area contributed by atoms with E-state index >= 15 is 0 Å². The van der Waals surface area contributed by atoms with Crippen LogP contribution in [-0.4, -0.2) is 31.6 Å². The number of thioether (sulfide) groups is 1. The minimum Gasteiger partial charge on any atom is -0.308 e. The van der Waals surface area contributed by atoms with E-state index < -0.39 is 0 Å². The van der Waals surface area contributed by atoms with E-state index in [-0.39, 0.29) is 11.2 Å². The molecule has 2 aromatic rings. The Bertz CT molecular complexity index is 660. The van der Waals surface area contributed by atoms with Crippen LogP contribution in [0.4, 0.5) is 5.82 Å². The van der Waals surface area contributed by atoms with E-state index in [9.17, 15) is 4.79 Å². The van der Waals surface area contributed by atoms with Gasteiger partial charge >= 0.3 is 0 Å². The van der Waals surface area contributed by atoms with E-state index in [2.05, 4.69) is 33.7 Å². The molecule has 1 aliphatic rings. The van der Waals surface area contributed by atoms with Crippen LogP contribution in [0.25, 0.3) is 0 Å². The summed E-state index contributed by atoms with van der Waals surface area (Å²) in [4.78, 5) is 11.8. The highest BCUT2D eigenvalue weighted by Crippen LogP contribution is 2.42. The van der Waals surface area contributed by atoms with E-state index in [1.165, 1.54) is 0 Å². The van der Waals surface area contributed by atoms with E-state index in [1.807, 2.05) is 18.5 Å². The van der Waals surface area contributed by atoms with Gasteiger partial charge in [0.05, 0.1) is 16.7 Å². The molecule has 6 nitrogen and oxygen atoms in total. The summed E-state index contributed by atoms with van der Waals surface area (Å²) in [6, 6.07) is 0. The van der Waals surface area contributed by atoms with Crippen LogP contribution in [0.1, 0.15) is 34.7 Å². The van der Waals surface area contributed by atoms with Crippen molar-refractivity contribution < 1.29 is 4.79 Å². The highest BCUT2D eigenvalue weighted by atomic mass is 32.2. The second-order valence-electron chi connectivity index (χ2n) is 4.88. The van der Waals surface area contributed by atoms with E-state index in [1.54, 1.807) is 11.8 Å². The van der Waals surface area contributed by atoms with Gasteiger partial charge in [-0.3, -0.25) is 14.6 Å². The molecule has 0 aromatic carbocycles. The number of carbonyl (C=O) groups excluding carboxylic acids is 1. The number of fused-ring (bicyclic) bond motifs is 1. The molecule has 0 bridgehead atoms. The molecule has 3 heterocycles. The molecule has 106 valence electrons. The van der Waals surface area contributed by atoms with Gasteiger partial charge in [0.15, 0.2) is 5.82 Å². The van der Waals surface area contributed by atoms with Crippen molar-refractivity contribution in [3.05, 3.63) is 28.7 Å². The summed E-state index contributed by atoms with van der Waals surface area (Å²) in [5.41, 5.74) is 4.20. The standard InChI is InChI=1S/C13H17N5OS/c1-4-18-5-9(7(2)17-18)12-11-8(3)15-16-13(11)14-10(19)6-20-12/h5,12H,4,6H2,1-3H3,(H2,14,15,16,19)/t12-/m0/s1. The number of aromatic nitrogens is 4. The number of anilines is 1. The summed E-state index contributed by atoms with van der Waals surface area (Å²) in [5.74, 6) is 1.06. The molecule has 1 amide bonds. The second kappa shape index (κ2) is 4.97. The van der Waals surface area contributed by atoms with Gasteiger partial charge in [-0.2, -0.15) is 10.2 Å². The maximum Gasteiger partial charge on any atom is 0.235 e. The molecule has 20 heavy (non-hydrogen) atoms. The zero-order valence-corrected chi connectivity index (χ0v) is 12.5. The Hall–Kier alpha value is -1.76. The first-order valence-electron chi connectivity index (χ1n) is 6.60. The molecule has 0 fully saturated rings. The number of nitrogens with zero attached hydrogens (tertiary/aromatic N) is 3. The smallest absolute Gasteiger partial charge is 0.235 e. The number of rotatable bonds is 2. The van der Waals surface area contributed by atoms with Crippen molar-refractivity contribution in [3.8, 4) is 0 Å². The van der Waals surface area contributed by atoms with Gasteiger partial charge in [0.25, 0.3) is 0 Å². The predicted octanol–water partition coefficient (Wildman–Crippen LogP) is 2.02. The molecule has 0 radical (unpaired) electrons. The highest BCUT2D eigenvalue weighted by molar-refractivity contribution is 8.00. The normalized spacial score (nSPS) is 18.6. The molecule has 1 aliphatic heterocycles. The highest BCUT2D eigenvalue weighted by Gasteiger charge is 2.30. The van der Waals surface area contributed by atoms with E-state index in [0.717, 1.165) is 29.1 Å². The summed E-state index contributed by atoms with van der Waals surface area (Å²) in [6.45, 7) is 6.90. The van der Waals surface area contributed by atoms with Crippen LogP contribution in [0.2, 0.25) is 0 Å². The topological polar surface area (TPSA) is 75.6 Å². The maximum absolute atomic E-state index is 11.8. The number of aryl methyl sites for hydroxylation is 3. The zero-order valence-electron chi connectivity index (χ0n) is 11.7. The Morgan fingerprint density at radius 2 is 2.30 bits per heavy atom. The number of hydrogen-bond acceptors (Lipinski definition) is 4. The van der Waals surface area contributed by atoms with Crippen molar-refractivity contribution in [2.45, 2.75) is 32.6 Å². The molecule has 0 unspecified atom stereocenters. The van der Waals surface area contributed by atoms with Crippen LogP contribution in [0.5, 0.6) is 0 Å². The molecule has 0 saturated heterocycles. The number of aromatic amines is 1. The minimum atomic E-state index is -0.00853. The zero-order chi connectivity index (χ0) is 14.3. The number of H-pyrrole nitrogens is 1. The van der Waals surface area contributed by atoms with Crippen LogP contribution in [-0.2, 0) is 11.3 Å². The van der Waals surface area contributed by atoms with Crippen molar-refractivity contribution in [2.24, 2.45) is 0 Å². The minimum absolute atomic E-state index is 0.00853. The monoisotopic (exact) mass is 291 g/mol. The second-order valence-corrected chi connectivity index (χ2v) is 5.97. The van der Waals surface area contributed by atoms with Gasteiger partial charge in [0, 0.05) is 29.6 Å². The largest absolute Gasteiger partial charge is 0.308 e. The molecule has 0 spiro atoms. The van der Waals surface area contributed by atoms with E-state index in [4.69, 9.17) is 0 Å². The third-order valence-corrected chi connectivity index (χ3v) is 4.74.